The molecule has 3 atom stereocenters. The number of aliphatic carboxylic acids is 1. The van der Waals surface area contributed by atoms with Gasteiger partial charge in [0.15, 0.2) is 0 Å². The highest BCUT2D eigenvalue weighted by molar-refractivity contribution is 5.74. The highest BCUT2D eigenvalue weighted by Gasteiger charge is 2.33. The Morgan fingerprint density at radius 3 is 2.71 bits per heavy atom. The molecule has 1 aliphatic heterocycles. The predicted molar refractivity (Wildman–Crippen MR) is 54.1 cm³/mol. The minimum Gasteiger partial charge on any atom is -0.480 e. The van der Waals surface area contributed by atoms with E-state index in [0.29, 0.717) is 5.92 Å². The number of carboxylic acid groups (broad SMARTS) is 1. The topological polar surface area (TPSA) is 78.6 Å². The SMILES string of the molecule is CNC(C1CCN(C)C1)C(N)C(=O)O. The Bertz CT molecular complexity index is 210. The van der Waals surface area contributed by atoms with Crippen LogP contribution in [0.25, 0.3) is 0 Å². The Hall–Kier alpha value is -0.650. The van der Waals surface area contributed by atoms with Crippen molar-refractivity contribution in [1.82, 2.24) is 10.2 Å². The number of hydrogen-bond donors (Lipinski definition) is 3. The maximum absolute atomic E-state index is 10.8. The molecule has 1 fully saturated rings. The van der Waals surface area contributed by atoms with E-state index in [1.165, 1.54) is 0 Å². The van der Waals surface area contributed by atoms with Crippen LogP contribution in [0.5, 0.6) is 0 Å². The summed E-state index contributed by atoms with van der Waals surface area (Å²) < 4.78 is 0. The lowest BCUT2D eigenvalue weighted by molar-refractivity contribution is -0.139. The fourth-order valence-electron chi connectivity index (χ4n) is 2.12. The third-order valence-electron chi connectivity index (χ3n) is 2.94. The number of likely N-dealkylation sites (N-methyl/N-ethyl adjacent to an activating group) is 1. The highest BCUT2D eigenvalue weighted by Crippen LogP contribution is 2.19. The molecular weight excluding hydrogens is 182 g/mol. The lowest BCUT2D eigenvalue weighted by atomic mass is 9.93. The zero-order chi connectivity index (χ0) is 10.7. The Morgan fingerprint density at radius 1 is 1.71 bits per heavy atom. The number of carbonyl (C=O) groups is 1. The van der Waals surface area contributed by atoms with Crippen molar-refractivity contribution in [3.63, 3.8) is 0 Å². The summed E-state index contributed by atoms with van der Waals surface area (Å²) in [7, 11) is 3.81. The lowest BCUT2D eigenvalue weighted by Crippen LogP contribution is -2.53. The Labute approximate surface area is 84.3 Å². The first-order valence-electron chi connectivity index (χ1n) is 4.90. The molecule has 0 spiro atoms. The van der Waals surface area contributed by atoms with E-state index in [-0.39, 0.29) is 6.04 Å². The van der Waals surface area contributed by atoms with Gasteiger partial charge in [-0.15, -0.1) is 0 Å². The maximum Gasteiger partial charge on any atom is 0.322 e. The molecular formula is C9H19N3O2. The number of likely N-dealkylation sites (tertiary alicyclic amines) is 1. The van der Waals surface area contributed by atoms with Crippen molar-refractivity contribution in [1.29, 1.82) is 0 Å². The van der Waals surface area contributed by atoms with Gasteiger partial charge >= 0.3 is 5.97 Å². The Balaban J connectivity index is 2.57. The monoisotopic (exact) mass is 201 g/mol. The Kier molecular flexibility index (Phi) is 3.86. The minimum atomic E-state index is -0.932. The van der Waals surface area contributed by atoms with Gasteiger partial charge in [0.2, 0.25) is 0 Å². The molecule has 0 bridgehead atoms. The van der Waals surface area contributed by atoms with Crippen LogP contribution in [-0.4, -0.2) is 55.2 Å². The van der Waals surface area contributed by atoms with Crippen molar-refractivity contribution < 1.29 is 9.90 Å². The van der Waals surface area contributed by atoms with E-state index in [1.54, 1.807) is 7.05 Å². The maximum atomic E-state index is 10.8. The van der Waals surface area contributed by atoms with Crippen LogP contribution in [0, 0.1) is 5.92 Å². The summed E-state index contributed by atoms with van der Waals surface area (Å²) in [4.78, 5) is 13.0. The van der Waals surface area contributed by atoms with Gasteiger partial charge in [-0.1, -0.05) is 0 Å². The van der Waals surface area contributed by atoms with Crippen molar-refractivity contribution in [2.45, 2.75) is 18.5 Å². The van der Waals surface area contributed by atoms with Crippen molar-refractivity contribution in [2.24, 2.45) is 11.7 Å². The van der Waals surface area contributed by atoms with Crippen LogP contribution in [0.15, 0.2) is 0 Å². The van der Waals surface area contributed by atoms with Gasteiger partial charge in [-0.3, -0.25) is 4.79 Å². The van der Waals surface area contributed by atoms with Crippen LogP contribution in [0.3, 0.4) is 0 Å². The van der Waals surface area contributed by atoms with Gasteiger partial charge in [0.1, 0.15) is 6.04 Å². The molecule has 0 aromatic heterocycles. The molecule has 5 heteroatoms. The van der Waals surface area contributed by atoms with Gasteiger partial charge in [-0.05, 0) is 33.0 Å². The molecule has 14 heavy (non-hydrogen) atoms. The molecule has 82 valence electrons. The smallest absolute Gasteiger partial charge is 0.322 e. The summed E-state index contributed by atoms with van der Waals surface area (Å²) in [5.74, 6) is -0.588. The van der Waals surface area contributed by atoms with E-state index in [9.17, 15) is 4.79 Å². The highest BCUT2D eigenvalue weighted by atomic mass is 16.4. The fraction of sp³-hybridized carbons (Fsp3) is 0.889. The van der Waals surface area contributed by atoms with Gasteiger partial charge in [0, 0.05) is 12.6 Å². The van der Waals surface area contributed by atoms with Gasteiger partial charge in [0.25, 0.3) is 0 Å². The molecule has 5 nitrogen and oxygen atoms in total. The fourth-order valence-corrected chi connectivity index (χ4v) is 2.12. The number of carboxylic acids is 1. The van der Waals surface area contributed by atoms with E-state index in [4.69, 9.17) is 10.8 Å². The van der Waals surface area contributed by atoms with Crippen LogP contribution >= 0.6 is 0 Å². The number of nitrogens with zero attached hydrogens (tertiary/aromatic N) is 1. The molecule has 3 unspecified atom stereocenters. The molecule has 1 saturated heterocycles. The minimum absolute atomic E-state index is 0.127. The summed E-state index contributed by atoms with van der Waals surface area (Å²) in [6.45, 7) is 1.95. The van der Waals surface area contributed by atoms with Gasteiger partial charge in [-0.25, -0.2) is 0 Å². The molecule has 0 amide bonds. The molecule has 1 aliphatic rings. The molecule has 1 rings (SSSR count). The molecule has 0 radical (unpaired) electrons. The Morgan fingerprint density at radius 2 is 2.36 bits per heavy atom. The van der Waals surface area contributed by atoms with Crippen LogP contribution in [0.2, 0.25) is 0 Å². The quantitative estimate of drug-likeness (QED) is 0.540. The summed E-state index contributed by atoms with van der Waals surface area (Å²) in [5, 5.41) is 11.8. The normalized spacial score (nSPS) is 27.5. The van der Waals surface area contributed by atoms with Gasteiger partial charge in [-0.2, -0.15) is 0 Å². The third-order valence-corrected chi connectivity index (χ3v) is 2.94. The summed E-state index contributed by atoms with van der Waals surface area (Å²) in [5.41, 5.74) is 5.62. The summed E-state index contributed by atoms with van der Waals surface area (Å²) in [6.07, 6.45) is 1.02. The van der Waals surface area contributed by atoms with E-state index in [2.05, 4.69) is 10.2 Å². The zero-order valence-electron chi connectivity index (χ0n) is 8.73. The summed E-state index contributed by atoms with van der Waals surface area (Å²) >= 11 is 0. The largest absolute Gasteiger partial charge is 0.480 e. The first-order chi connectivity index (χ1) is 6.56. The van der Waals surface area contributed by atoms with Crippen molar-refractivity contribution in [3.05, 3.63) is 0 Å². The molecule has 0 saturated carbocycles. The molecule has 1 heterocycles. The second-order valence-electron chi connectivity index (χ2n) is 3.99. The molecule has 0 aromatic rings. The number of nitrogens with two attached hydrogens (primary N) is 1. The molecule has 0 aliphatic carbocycles. The summed E-state index contributed by atoms with van der Waals surface area (Å²) in [6, 6.07) is -0.936. The van der Waals surface area contributed by atoms with Gasteiger partial charge in [0.05, 0.1) is 0 Å². The van der Waals surface area contributed by atoms with Crippen molar-refractivity contribution >= 4 is 5.97 Å². The van der Waals surface area contributed by atoms with E-state index in [0.717, 1.165) is 19.5 Å². The second-order valence-corrected chi connectivity index (χ2v) is 3.99. The second kappa shape index (κ2) is 4.72. The zero-order valence-corrected chi connectivity index (χ0v) is 8.73. The van der Waals surface area contributed by atoms with Crippen LogP contribution in [-0.2, 0) is 4.79 Å². The molecule has 4 N–H and O–H groups in total. The number of hydrogen-bond acceptors (Lipinski definition) is 4. The van der Waals surface area contributed by atoms with E-state index in [1.807, 2.05) is 7.05 Å². The average molecular weight is 201 g/mol. The van der Waals surface area contributed by atoms with Crippen molar-refractivity contribution in [2.75, 3.05) is 27.2 Å². The first-order valence-corrected chi connectivity index (χ1v) is 4.90. The first kappa shape index (κ1) is 11.4. The van der Waals surface area contributed by atoms with E-state index >= 15 is 0 Å². The van der Waals surface area contributed by atoms with Crippen molar-refractivity contribution in [3.8, 4) is 0 Å². The third kappa shape index (κ3) is 2.43. The number of nitrogens with one attached hydrogen (secondary N) is 1. The predicted octanol–water partition coefficient (Wildman–Crippen LogP) is -1.06. The van der Waals surface area contributed by atoms with Crippen LogP contribution in [0.1, 0.15) is 6.42 Å². The number of rotatable bonds is 4. The lowest BCUT2D eigenvalue weighted by Gasteiger charge is -2.26. The van der Waals surface area contributed by atoms with Crippen LogP contribution < -0.4 is 11.1 Å². The average Bonchev–Trinajstić information content (AvgIpc) is 2.53. The van der Waals surface area contributed by atoms with E-state index < -0.39 is 12.0 Å². The standard InChI is InChI=1S/C9H19N3O2/c1-11-8(7(10)9(13)14)6-3-4-12(2)5-6/h6-8,11H,3-5,10H2,1-2H3,(H,13,14). The van der Waals surface area contributed by atoms with Gasteiger partial charge < -0.3 is 21.1 Å². The molecule has 0 aromatic carbocycles. The van der Waals surface area contributed by atoms with Crippen LogP contribution in [0.4, 0.5) is 0 Å².